The predicted molar refractivity (Wildman–Crippen MR) is 99.6 cm³/mol. The lowest BCUT2D eigenvalue weighted by molar-refractivity contribution is -0.121. The minimum atomic E-state index is -0.163. The normalized spacial score (nSPS) is 20.7. The molecule has 0 saturated carbocycles. The smallest absolute Gasteiger partial charge is 0.317 e. The molecular formula is C18H26N4O2S. The number of aromatic nitrogens is 1. The molecule has 1 saturated heterocycles. The first-order valence-electron chi connectivity index (χ1n) is 9.13. The lowest BCUT2D eigenvalue weighted by atomic mass is 9.97. The van der Waals surface area contributed by atoms with Crippen molar-refractivity contribution < 1.29 is 9.59 Å². The van der Waals surface area contributed by atoms with Crippen molar-refractivity contribution in [3.8, 4) is 0 Å². The van der Waals surface area contributed by atoms with E-state index in [4.69, 9.17) is 0 Å². The number of urea groups is 1. The number of allylic oxidation sites excluding steroid dienone is 1. The van der Waals surface area contributed by atoms with Crippen molar-refractivity contribution >= 4 is 28.4 Å². The van der Waals surface area contributed by atoms with Crippen molar-refractivity contribution in [2.24, 2.45) is 5.92 Å². The van der Waals surface area contributed by atoms with E-state index < -0.39 is 0 Å². The van der Waals surface area contributed by atoms with Crippen LogP contribution in [-0.4, -0.2) is 41.5 Å². The Labute approximate surface area is 152 Å². The molecule has 2 N–H and O–H groups in total. The second-order valence-electron chi connectivity index (χ2n) is 6.70. The Bertz CT molecular complexity index is 615. The average molecular weight is 362 g/mol. The van der Waals surface area contributed by atoms with Gasteiger partial charge in [-0.3, -0.25) is 4.79 Å². The molecule has 6 nitrogen and oxygen atoms in total. The van der Waals surface area contributed by atoms with E-state index in [1.165, 1.54) is 42.6 Å². The summed E-state index contributed by atoms with van der Waals surface area (Å²) in [5.41, 5.74) is 1.46. The first-order chi connectivity index (χ1) is 12.2. The number of nitrogens with zero attached hydrogens (tertiary/aromatic N) is 2. The first kappa shape index (κ1) is 17.9. The standard InChI is InChI=1S/C18H26N4O2S/c23-16(21-17-19-10-12-25-17)15-7-4-11-22(13-15)18(24)20-9-8-14-5-2-1-3-6-14/h5,10,12,15H,1-4,6-9,11,13H2,(H,20,24)(H,19,21,23). The Morgan fingerprint density at radius 2 is 2.24 bits per heavy atom. The Kier molecular flexibility index (Phi) is 6.44. The van der Waals surface area contributed by atoms with Crippen LogP contribution in [0.5, 0.6) is 0 Å². The Morgan fingerprint density at radius 3 is 3.00 bits per heavy atom. The average Bonchev–Trinajstić information content (AvgIpc) is 3.15. The Hall–Kier alpha value is -1.89. The third kappa shape index (κ3) is 5.29. The topological polar surface area (TPSA) is 74.3 Å². The lowest BCUT2D eigenvalue weighted by Crippen LogP contribution is -2.48. The van der Waals surface area contributed by atoms with Crippen LogP contribution in [0, 0.1) is 5.92 Å². The van der Waals surface area contributed by atoms with E-state index in [9.17, 15) is 9.59 Å². The number of likely N-dealkylation sites (tertiary alicyclic amines) is 1. The van der Waals surface area contributed by atoms with Crippen molar-refractivity contribution in [2.45, 2.75) is 44.9 Å². The number of hydrogen-bond donors (Lipinski definition) is 2. The molecule has 2 aliphatic rings. The zero-order valence-corrected chi connectivity index (χ0v) is 15.3. The number of amides is 3. The van der Waals surface area contributed by atoms with Crippen LogP contribution < -0.4 is 10.6 Å². The largest absolute Gasteiger partial charge is 0.338 e. The summed E-state index contributed by atoms with van der Waals surface area (Å²) in [5.74, 6) is -0.204. The molecule has 1 aromatic heterocycles. The molecule has 1 atom stereocenters. The van der Waals surface area contributed by atoms with Crippen LogP contribution in [0.3, 0.4) is 0 Å². The van der Waals surface area contributed by atoms with E-state index in [1.807, 2.05) is 5.38 Å². The van der Waals surface area contributed by atoms with Crippen molar-refractivity contribution in [3.05, 3.63) is 23.2 Å². The van der Waals surface area contributed by atoms with Crippen LogP contribution in [0.1, 0.15) is 44.9 Å². The fourth-order valence-corrected chi connectivity index (χ4v) is 3.97. The summed E-state index contributed by atoms with van der Waals surface area (Å²) in [6, 6.07) is -0.0526. The third-order valence-corrected chi connectivity index (χ3v) is 5.54. The molecule has 7 heteroatoms. The van der Waals surface area contributed by atoms with Gasteiger partial charge < -0.3 is 15.5 Å². The highest BCUT2D eigenvalue weighted by Crippen LogP contribution is 2.21. The number of rotatable bonds is 5. The van der Waals surface area contributed by atoms with Crippen LogP contribution in [-0.2, 0) is 4.79 Å². The number of carbonyl (C=O) groups is 2. The monoisotopic (exact) mass is 362 g/mol. The Morgan fingerprint density at radius 1 is 1.32 bits per heavy atom. The number of nitrogens with one attached hydrogen (secondary N) is 2. The van der Waals surface area contributed by atoms with Gasteiger partial charge in [0.05, 0.1) is 5.92 Å². The molecule has 25 heavy (non-hydrogen) atoms. The number of hydrogen-bond acceptors (Lipinski definition) is 4. The molecule has 1 aliphatic heterocycles. The molecule has 0 aromatic carbocycles. The van der Waals surface area contributed by atoms with Crippen LogP contribution in [0.4, 0.5) is 9.93 Å². The molecule has 0 spiro atoms. The van der Waals surface area contributed by atoms with Gasteiger partial charge in [0.15, 0.2) is 5.13 Å². The van der Waals surface area contributed by atoms with Crippen molar-refractivity contribution in [1.29, 1.82) is 0 Å². The quantitative estimate of drug-likeness (QED) is 0.789. The van der Waals surface area contributed by atoms with Gasteiger partial charge in [0, 0.05) is 31.2 Å². The van der Waals surface area contributed by atoms with Gasteiger partial charge in [-0.05, 0) is 44.9 Å². The number of thiazole rings is 1. The second-order valence-corrected chi connectivity index (χ2v) is 7.60. The number of carbonyl (C=O) groups excluding carboxylic acids is 2. The minimum absolute atomic E-state index is 0.0418. The molecule has 3 rings (SSSR count). The van der Waals surface area contributed by atoms with E-state index in [2.05, 4.69) is 21.7 Å². The van der Waals surface area contributed by atoms with E-state index >= 15 is 0 Å². The highest BCUT2D eigenvalue weighted by molar-refractivity contribution is 7.13. The van der Waals surface area contributed by atoms with Crippen LogP contribution in [0.2, 0.25) is 0 Å². The van der Waals surface area contributed by atoms with E-state index in [0.717, 1.165) is 25.8 Å². The van der Waals surface area contributed by atoms with Gasteiger partial charge in [0.1, 0.15) is 0 Å². The maximum absolute atomic E-state index is 12.4. The van der Waals surface area contributed by atoms with E-state index in [1.54, 1.807) is 11.1 Å². The molecule has 0 bridgehead atoms. The second kappa shape index (κ2) is 8.99. The van der Waals surface area contributed by atoms with Gasteiger partial charge in [0.2, 0.25) is 5.91 Å². The molecule has 3 amide bonds. The summed E-state index contributed by atoms with van der Waals surface area (Å²) >= 11 is 1.41. The highest BCUT2D eigenvalue weighted by Gasteiger charge is 2.28. The molecule has 0 radical (unpaired) electrons. The van der Waals surface area contributed by atoms with Crippen molar-refractivity contribution in [3.63, 3.8) is 0 Å². The molecule has 1 aliphatic carbocycles. The molecular weight excluding hydrogens is 336 g/mol. The zero-order valence-electron chi connectivity index (χ0n) is 14.5. The van der Waals surface area contributed by atoms with Crippen LogP contribution in [0.25, 0.3) is 0 Å². The van der Waals surface area contributed by atoms with Gasteiger partial charge in [0.25, 0.3) is 0 Å². The number of anilines is 1. The Balaban J connectivity index is 1.43. The van der Waals surface area contributed by atoms with Crippen LogP contribution in [0.15, 0.2) is 23.2 Å². The summed E-state index contributed by atoms with van der Waals surface area (Å²) in [6.07, 6.45) is 11.5. The van der Waals surface area contributed by atoms with E-state index in [-0.39, 0.29) is 17.9 Å². The maximum Gasteiger partial charge on any atom is 0.317 e. The van der Waals surface area contributed by atoms with Crippen molar-refractivity contribution in [1.82, 2.24) is 15.2 Å². The summed E-state index contributed by atoms with van der Waals surface area (Å²) in [5, 5.41) is 8.30. The molecule has 1 unspecified atom stereocenters. The van der Waals surface area contributed by atoms with Gasteiger partial charge in [-0.1, -0.05) is 11.6 Å². The van der Waals surface area contributed by atoms with E-state index in [0.29, 0.717) is 18.2 Å². The third-order valence-electron chi connectivity index (χ3n) is 4.85. The molecule has 2 heterocycles. The van der Waals surface area contributed by atoms with Crippen molar-refractivity contribution in [2.75, 3.05) is 25.0 Å². The fourth-order valence-electron chi connectivity index (χ4n) is 3.44. The minimum Gasteiger partial charge on any atom is -0.338 e. The van der Waals surface area contributed by atoms with Crippen LogP contribution >= 0.6 is 11.3 Å². The van der Waals surface area contributed by atoms with Gasteiger partial charge in [-0.15, -0.1) is 11.3 Å². The summed E-state index contributed by atoms with van der Waals surface area (Å²) in [7, 11) is 0. The van der Waals surface area contributed by atoms with Gasteiger partial charge >= 0.3 is 6.03 Å². The molecule has 136 valence electrons. The SMILES string of the molecule is O=C(Nc1nccs1)C1CCCN(C(=O)NCCC2=CCCCC2)C1. The maximum atomic E-state index is 12.4. The predicted octanol–water partition coefficient (Wildman–Crippen LogP) is 3.39. The van der Waals surface area contributed by atoms with Gasteiger partial charge in [-0.2, -0.15) is 0 Å². The fraction of sp³-hybridized carbons (Fsp3) is 0.611. The van der Waals surface area contributed by atoms with Gasteiger partial charge in [-0.25, -0.2) is 9.78 Å². The highest BCUT2D eigenvalue weighted by atomic mass is 32.1. The lowest BCUT2D eigenvalue weighted by Gasteiger charge is -2.32. The summed E-state index contributed by atoms with van der Waals surface area (Å²) in [4.78, 5) is 30.6. The molecule has 1 aromatic rings. The summed E-state index contributed by atoms with van der Waals surface area (Å²) in [6.45, 7) is 1.87. The number of piperidine rings is 1. The first-order valence-corrected chi connectivity index (χ1v) is 10.0. The molecule has 1 fully saturated rings. The zero-order chi connectivity index (χ0) is 17.5. The summed E-state index contributed by atoms with van der Waals surface area (Å²) < 4.78 is 0.